The Morgan fingerprint density at radius 1 is 1.23 bits per heavy atom. The van der Waals surface area contributed by atoms with Gasteiger partial charge in [-0.15, -0.1) is 0 Å². The molecular formula is C15H17N2O4S. The van der Waals surface area contributed by atoms with Crippen molar-refractivity contribution in [2.24, 2.45) is 0 Å². The van der Waals surface area contributed by atoms with Crippen LogP contribution in [0.2, 0.25) is 0 Å². The van der Waals surface area contributed by atoms with Gasteiger partial charge in [0.05, 0.1) is 6.54 Å². The monoisotopic (exact) mass is 321 g/mol. The largest absolute Gasteiger partial charge is 0.487 e. The fourth-order valence-electron chi connectivity index (χ4n) is 2.22. The Bertz CT molecular complexity index is 638. The Kier molecular flexibility index (Phi) is 4.23. The lowest BCUT2D eigenvalue weighted by atomic mass is 10.2. The minimum absolute atomic E-state index is 0.0462. The van der Waals surface area contributed by atoms with Crippen LogP contribution in [0, 0.1) is 6.07 Å². The summed E-state index contributed by atoms with van der Waals surface area (Å²) in [5.41, 5.74) is 1.41. The average molecular weight is 321 g/mol. The van der Waals surface area contributed by atoms with E-state index in [1.54, 1.807) is 18.2 Å². The van der Waals surface area contributed by atoms with Crippen molar-refractivity contribution in [1.29, 1.82) is 0 Å². The van der Waals surface area contributed by atoms with Crippen molar-refractivity contribution in [2.75, 3.05) is 10.8 Å². The molecule has 0 amide bonds. The van der Waals surface area contributed by atoms with Gasteiger partial charge in [0, 0.05) is 6.07 Å². The van der Waals surface area contributed by atoms with Crippen LogP contribution in [0.5, 0.6) is 5.75 Å². The predicted molar refractivity (Wildman–Crippen MR) is 85.4 cm³/mol. The minimum atomic E-state index is -3.27. The summed E-state index contributed by atoms with van der Waals surface area (Å²) in [6.07, 6.45) is -1.01. The van der Waals surface area contributed by atoms with E-state index in [9.17, 15) is 14.2 Å². The van der Waals surface area contributed by atoms with Gasteiger partial charge in [-0.05, 0) is 11.6 Å². The van der Waals surface area contributed by atoms with E-state index in [1.807, 2.05) is 30.3 Å². The average Bonchev–Trinajstić information content (AvgIpc) is 2.79. The van der Waals surface area contributed by atoms with Crippen molar-refractivity contribution in [2.45, 2.75) is 12.8 Å². The number of rotatable bonds is 4. The first-order valence-electron chi connectivity index (χ1n) is 6.75. The first-order valence-corrected chi connectivity index (χ1v) is 8.25. The van der Waals surface area contributed by atoms with Crippen LogP contribution in [0.25, 0.3) is 0 Å². The number of anilines is 1. The number of para-hydroxylation sites is 1. The van der Waals surface area contributed by atoms with Crippen LogP contribution < -0.4 is 13.8 Å². The molecule has 117 valence electrons. The van der Waals surface area contributed by atoms with Crippen LogP contribution in [0.15, 0.2) is 48.5 Å². The number of aliphatic hydroxyl groups excluding tert-OH is 1. The van der Waals surface area contributed by atoms with Gasteiger partial charge in [0.1, 0.15) is 24.3 Å². The second-order valence-electron chi connectivity index (χ2n) is 4.87. The van der Waals surface area contributed by atoms with Gasteiger partial charge in [-0.1, -0.05) is 53.4 Å². The van der Waals surface area contributed by atoms with E-state index in [0.717, 1.165) is 5.56 Å². The molecule has 2 aromatic rings. The first kappa shape index (κ1) is 15.1. The molecule has 3 rings (SSSR count). The standard InChI is InChI=1S/C15H17N2O4S/c18-15-10-17(22(19,20)16-15)13-8-4-5-9-14(13)21-11-12-6-2-1-3-7-12/h1-7,9,15-16,18-20H,10-11H2. The van der Waals surface area contributed by atoms with E-state index in [1.165, 1.54) is 4.31 Å². The number of hydrogen-bond acceptors (Lipinski definition) is 6. The maximum Gasteiger partial charge on any atom is 0.145 e. The maximum atomic E-state index is 10.0. The molecule has 0 saturated carbocycles. The van der Waals surface area contributed by atoms with E-state index in [4.69, 9.17) is 4.74 Å². The third kappa shape index (κ3) is 3.18. The smallest absolute Gasteiger partial charge is 0.145 e. The van der Waals surface area contributed by atoms with Gasteiger partial charge in [0.2, 0.25) is 0 Å². The molecule has 7 heteroatoms. The fraction of sp³-hybridized carbons (Fsp3) is 0.200. The number of nitrogens with zero attached hydrogens (tertiary/aromatic N) is 1. The molecule has 2 aromatic carbocycles. The third-order valence-corrected chi connectivity index (χ3v) is 4.76. The summed E-state index contributed by atoms with van der Waals surface area (Å²) < 4.78 is 29.4. The molecule has 1 aliphatic heterocycles. The van der Waals surface area contributed by atoms with E-state index in [-0.39, 0.29) is 6.54 Å². The van der Waals surface area contributed by atoms with E-state index < -0.39 is 17.2 Å². The van der Waals surface area contributed by atoms with Crippen LogP contribution in [-0.4, -0.2) is 27.0 Å². The van der Waals surface area contributed by atoms with Gasteiger partial charge in [-0.3, -0.25) is 9.11 Å². The van der Waals surface area contributed by atoms with E-state index in [0.29, 0.717) is 18.0 Å². The summed E-state index contributed by atoms with van der Waals surface area (Å²) in [6.45, 7) is 0.402. The lowest BCUT2D eigenvalue weighted by molar-refractivity contribution is 0.181. The van der Waals surface area contributed by atoms with Crippen LogP contribution >= 0.6 is 11.0 Å². The molecule has 1 saturated heterocycles. The molecule has 1 unspecified atom stereocenters. The molecule has 0 aliphatic carbocycles. The molecule has 1 atom stereocenters. The van der Waals surface area contributed by atoms with E-state index in [2.05, 4.69) is 10.8 Å². The second kappa shape index (κ2) is 6.15. The van der Waals surface area contributed by atoms with Gasteiger partial charge in [-0.25, -0.2) is 4.31 Å². The zero-order valence-corrected chi connectivity index (χ0v) is 12.5. The van der Waals surface area contributed by atoms with Gasteiger partial charge in [0.25, 0.3) is 0 Å². The number of hydrogen-bond donors (Lipinski definition) is 4. The second-order valence-corrected chi connectivity index (χ2v) is 6.58. The van der Waals surface area contributed by atoms with Crippen molar-refractivity contribution in [1.82, 2.24) is 4.72 Å². The molecule has 1 fully saturated rings. The minimum Gasteiger partial charge on any atom is -0.487 e. The van der Waals surface area contributed by atoms with Crippen LogP contribution in [0.3, 0.4) is 0 Å². The Morgan fingerprint density at radius 3 is 2.68 bits per heavy atom. The summed E-state index contributed by atoms with van der Waals surface area (Å²) in [5.74, 6) is 0.474. The maximum absolute atomic E-state index is 10.0. The Labute approximate surface area is 130 Å². The molecule has 1 heterocycles. The highest BCUT2D eigenvalue weighted by Gasteiger charge is 2.36. The van der Waals surface area contributed by atoms with Crippen LogP contribution in [0.1, 0.15) is 5.56 Å². The summed E-state index contributed by atoms with van der Waals surface area (Å²) in [7, 11) is -3.27. The van der Waals surface area contributed by atoms with Crippen molar-refractivity contribution < 1.29 is 18.9 Å². The molecule has 4 N–H and O–H groups in total. The van der Waals surface area contributed by atoms with Crippen molar-refractivity contribution in [3.8, 4) is 5.75 Å². The zero-order chi connectivity index (χ0) is 15.6. The normalized spacial score (nSPS) is 21.6. The zero-order valence-electron chi connectivity index (χ0n) is 11.7. The molecule has 0 spiro atoms. The van der Waals surface area contributed by atoms with Crippen LogP contribution in [0.4, 0.5) is 5.69 Å². The number of benzene rings is 2. The summed E-state index contributed by atoms with van der Waals surface area (Å²) in [5, 5.41) is 9.59. The van der Waals surface area contributed by atoms with Gasteiger partial charge < -0.3 is 9.84 Å². The predicted octanol–water partition coefficient (Wildman–Crippen LogP) is 2.37. The molecule has 1 radical (unpaired) electrons. The van der Waals surface area contributed by atoms with E-state index >= 15 is 0 Å². The molecule has 0 aromatic heterocycles. The molecule has 6 nitrogen and oxygen atoms in total. The third-order valence-electron chi connectivity index (χ3n) is 3.22. The quantitative estimate of drug-likeness (QED) is 0.692. The summed E-state index contributed by atoms with van der Waals surface area (Å²) in [6, 6.07) is 17.8. The number of β-amino-alcohol motifs (C(OH)–C–C–N with tert-alkyl or cyclic N) is 1. The first-order chi connectivity index (χ1) is 10.6. The highest BCUT2D eigenvalue weighted by molar-refractivity contribution is 8.24. The number of ether oxygens (including phenoxy) is 1. The van der Waals surface area contributed by atoms with Crippen molar-refractivity contribution >= 4 is 16.6 Å². The Hall–Kier alpha value is -1.77. The number of nitrogens with one attached hydrogen (secondary N) is 1. The molecule has 0 bridgehead atoms. The molecule has 22 heavy (non-hydrogen) atoms. The van der Waals surface area contributed by atoms with Crippen LogP contribution in [-0.2, 0) is 6.61 Å². The highest BCUT2D eigenvalue weighted by Crippen LogP contribution is 2.49. The lowest BCUT2D eigenvalue weighted by Gasteiger charge is -2.37. The lowest BCUT2D eigenvalue weighted by Crippen LogP contribution is -2.26. The SMILES string of the molecule is OC1CN(c2[c]cccc2OCc2ccccc2)S(O)(O)N1. The molecule has 1 aliphatic rings. The summed E-state index contributed by atoms with van der Waals surface area (Å²) in [4.78, 5) is 0. The number of aliphatic hydroxyl groups is 1. The summed E-state index contributed by atoms with van der Waals surface area (Å²) >= 11 is 0. The Morgan fingerprint density at radius 2 is 2.00 bits per heavy atom. The van der Waals surface area contributed by atoms with Crippen molar-refractivity contribution in [3.63, 3.8) is 0 Å². The highest BCUT2D eigenvalue weighted by atomic mass is 32.3. The molecular weight excluding hydrogens is 304 g/mol. The van der Waals surface area contributed by atoms with Gasteiger partial charge >= 0.3 is 0 Å². The topological polar surface area (TPSA) is 85.2 Å². The van der Waals surface area contributed by atoms with Crippen molar-refractivity contribution in [3.05, 3.63) is 60.2 Å². The van der Waals surface area contributed by atoms with Gasteiger partial charge in [-0.2, -0.15) is 4.72 Å². The van der Waals surface area contributed by atoms with Gasteiger partial charge in [0.15, 0.2) is 0 Å². The Balaban J connectivity index is 1.81. The fourth-order valence-corrected chi connectivity index (χ4v) is 3.54.